The highest BCUT2D eigenvalue weighted by atomic mass is 14.7. The van der Waals surface area contributed by atoms with Gasteiger partial charge >= 0.3 is 0 Å². The SMILES string of the molecule is CCCCCCCCCCCCN=CC1CCCCC1. The molecule has 0 bridgehead atoms. The molecule has 0 radical (unpaired) electrons. The van der Waals surface area contributed by atoms with Crippen LogP contribution in [0.4, 0.5) is 0 Å². The second-order valence-electron chi connectivity index (χ2n) is 6.64. The molecule has 0 aromatic rings. The highest BCUT2D eigenvalue weighted by Gasteiger charge is 2.09. The van der Waals surface area contributed by atoms with Crippen LogP contribution in [-0.2, 0) is 0 Å². The monoisotopic (exact) mass is 279 g/mol. The van der Waals surface area contributed by atoms with Crippen LogP contribution >= 0.6 is 0 Å². The number of unbranched alkanes of at least 4 members (excludes halogenated alkanes) is 9. The van der Waals surface area contributed by atoms with Crippen LogP contribution in [0.25, 0.3) is 0 Å². The van der Waals surface area contributed by atoms with Crippen molar-refractivity contribution in [3.63, 3.8) is 0 Å². The molecular weight excluding hydrogens is 242 g/mol. The Kier molecular flexibility index (Phi) is 12.1. The first-order valence-corrected chi connectivity index (χ1v) is 9.43. The first-order valence-electron chi connectivity index (χ1n) is 9.43. The highest BCUT2D eigenvalue weighted by Crippen LogP contribution is 2.21. The molecule has 0 aliphatic heterocycles. The molecule has 1 heteroatoms. The zero-order valence-electron chi connectivity index (χ0n) is 13.9. The average Bonchev–Trinajstić information content (AvgIpc) is 2.49. The molecule has 20 heavy (non-hydrogen) atoms. The van der Waals surface area contributed by atoms with Gasteiger partial charge in [0.1, 0.15) is 0 Å². The zero-order valence-corrected chi connectivity index (χ0v) is 13.9. The van der Waals surface area contributed by atoms with Gasteiger partial charge in [0.2, 0.25) is 0 Å². The van der Waals surface area contributed by atoms with E-state index in [0.717, 1.165) is 12.5 Å². The summed E-state index contributed by atoms with van der Waals surface area (Å²) in [5.41, 5.74) is 0. The van der Waals surface area contributed by atoms with Gasteiger partial charge in [-0.25, -0.2) is 0 Å². The topological polar surface area (TPSA) is 12.4 Å². The van der Waals surface area contributed by atoms with E-state index < -0.39 is 0 Å². The van der Waals surface area contributed by atoms with Gasteiger partial charge in [0.05, 0.1) is 0 Å². The maximum absolute atomic E-state index is 4.64. The predicted molar refractivity (Wildman–Crippen MR) is 91.8 cm³/mol. The van der Waals surface area contributed by atoms with Gasteiger partial charge in [-0.2, -0.15) is 0 Å². The third-order valence-electron chi connectivity index (χ3n) is 4.61. The Labute approximate surface area is 127 Å². The van der Waals surface area contributed by atoms with Crippen molar-refractivity contribution in [1.82, 2.24) is 0 Å². The fourth-order valence-corrected chi connectivity index (χ4v) is 3.20. The molecule has 0 atom stereocenters. The van der Waals surface area contributed by atoms with Crippen LogP contribution in [-0.4, -0.2) is 12.8 Å². The van der Waals surface area contributed by atoms with Crippen LogP contribution in [0.2, 0.25) is 0 Å². The van der Waals surface area contributed by atoms with Crippen LogP contribution in [0.1, 0.15) is 103 Å². The normalized spacial score (nSPS) is 17.1. The van der Waals surface area contributed by atoms with Crippen LogP contribution in [0.5, 0.6) is 0 Å². The molecule has 0 aromatic carbocycles. The van der Waals surface area contributed by atoms with Gasteiger partial charge in [-0.3, -0.25) is 4.99 Å². The Morgan fingerprint density at radius 2 is 1.30 bits per heavy atom. The molecule has 0 spiro atoms. The molecule has 0 amide bonds. The molecular formula is C19H37N. The lowest BCUT2D eigenvalue weighted by molar-refractivity contribution is 0.444. The number of rotatable bonds is 12. The molecule has 1 nitrogen and oxygen atoms in total. The van der Waals surface area contributed by atoms with Gasteiger partial charge in [-0.1, -0.05) is 84.0 Å². The van der Waals surface area contributed by atoms with Crippen molar-refractivity contribution in [3.05, 3.63) is 0 Å². The molecule has 1 saturated carbocycles. The highest BCUT2D eigenvalue weighted by molar-refractivity contribution is 5.60. The minimum Gasteiger partial charge on any atom is -0.297 e. The fourth-order valence-electron chi connectivity index (χ4n) is 3.20. The summed E-state index contributed by atoms with van der Waals surface area (Å²) in [5.74, 6) is 0.812. The Morgan fingerprint density at radius 1 is 0.750 bits per heavy atom. The molecule has 118 valence electrons. The quantitative estimate of drug-likeness (QED) is 0.283. The second-order valence-corrected chi connectivity index (χ2v) is 6.64. The lowest BCUT2D eigenvalue weighted by Gasteiger charge is -2.16. The van der Waals surface area contributed by atoms with Crippen molar-refractivity contribution in [3.8, 4) is 0 Å². The van der Waals surface area contributed by atoms with E-state index in [4.69, 9.17) is 0 Å². The zero-order chi connectivity index (χ0) is 14.3. The minimum atomic E-state index is 0.812. The van der Waals surface area contributed by atoms with Gasteiger partial charge < -0.3 is 0 Å². The summed E-state index contributed by atoms with van der Waals surface area (Å²) in [5, 5.41) is 0. The van der Waals surface area contributed by atoms with Gasteiger partial charge in [-0.05, 0) is 25.2 Å². The molecule has 1 fully saturated rings. The van der Waals surface area contributed by atoms with E-state index >= 15 is 0 Å². The smallest absolute Gasteiger partial charge is 0.0385 e. The summed E-state index contributed by atoms with van der Waals surface area (Å²) in [6, 6.07) is 0. The Balaban J connectivity index is 1.77. The lowest BCUT2D eigenvalue weighted by atomic mass is 9.90. The summed E-state index contributed by atoms with van der Waals surface area (Å²) in [4.78, 5) is 4.64. The van der Waals surface area contributed by atoms with Crippen molar-refractivity contribution >= 4 is 6.21 Å². The number of hydrogen-bond donors (Lipinski definition) is 0. The fraction of sp³-hybridized carbons (Fsp3) is 0.947. The number of hydrogen-bond acceptors (Lipinski definition) is 1. The maximum Gasteiger partial charge on any atom is 0.0385 e. The largest absolute Gasteiger partial charge is 0.297 e. The third-order valence-corrected chi connectivity index (χ3v) is 4.61. The summed E-state index contributed by atoms with van der Waals surface area (Å²) in [6.45, 7) is 3.36. The van der Waals surface area contributed by atoms with E-state index in [2.05, 4.69) is 18.1 Å². The summed E-state index contributed by atoms with van der Waals surface area (Å²) in [7, 11) is 0. The Bertz CT molecular complexity index is 216. The summed E-state index contributed by atoms with van der Waals surface area (Å²) < 4.78 is 0. The van der Waals surface area contributed by atoms with Gasteiger partial charge in [-0.15, -0.1) is 0 Å². The molecule has 0 saturated heterocycles. The molecule has 0 N–H and O–H groups in total. The Morgan fingerprint density at radius 3 is 1.90 bits per heavy atom. The number of nitrogens with zero attached hydrogens (tertiary/aromatic N) is 1. The van der Waals surface area contributed by atoms with Gasteiger partial charge in [0, 0.05) is 12.8 Å². The Hall–Kier alpha value is -0.330. The third kappa shape index (κ3) is 10.5. The van der Waals surface area contributed by atoms with E-state index in [9.17, 15) is 0 Å². The van der Waals surface area contributed by atoms with E-state index in [1.54, 1.807) is 0 Å². The first kappa shape index (κ1) is 17.7. The number of aliphatic imine (C=N–C) groups is 1. The van der Waals surface area contributed by atoms with Crippen molar-refractivity contribution < 1.29 is 0 Å². The molecule has 1 rings (SSSR count). The van der Waals surface area contributed by atoms with E-state index in [1.807, 2.05) is 0 Å². The van der Waals surface area contributed by atoms with Gasteiger partial charge in [0.25, 0.3) is 0 Å². The van der Waals surface area contributed by atoms with Crippen molar-refractivity contribution in [2.75, 3.05) is 6.54 Å². The molecule has 1 aliphatic carbocycles. The van der Waals surface area contributed by atoms with Crippen LogP contribution < -0.4 is 0 Å². The van der Waals surface area contributed by atoms with Crippen molar-refractivity contribution in [2.24, 2.45) is 10.9 Å². The predicted octanol–water partition coefficient (Wildman–Crippen LogP) is 6.56. The molecule has 0 aromatic heterocycles. The van der Waals surface area contributed by atoms with Crippen LogP contribution in [0.3, 0.4) is 0 Å². The molecule has 1 aliphatic rings. The summed E-state index contributed by atoms with van der Waals surface area (Å²) >= 11 is 0. The van der Waals surface area contributed by atoms with E-state index in [0.29, 0.717) is 0 Å². The standard InChI is InChI=1S/C19H37N/c1-2-3-4-5-6-7-8-9-10-14-17-20-18-19-15-12-11-13-16-19/h18-19H,2-17H2,1H3. The summed E-state index contributed by atoms with van der Waals surface area (Å²) in [6.07, 6.45) is 23.5. The van der Waals surface area contributed by atoms with E-state index in [-0.39, 0.29) is 0 Å². The second kappa shape index (κ2) is 13.6. The minimum absolute atomic E-state index is 0.812. The molecule has 0 unspecified atom stereocenters. The van der Waals surface area contributed by atoms with E-state index in [1.165, 1.54) is 96.3 Å². The lowest BCUT2D eigenvalue weighted by Crippen LogP contribution is -2.07. The van der Waals surface area contributed by atoms with Crippen LogP contribution in [0.15, 0.2) is 4.99 Å². The van der Waals surface area contributed by atoms with Crippen molar-refractivity contribution in [1.29, 1.82) is 0 Å². The maximum atomic E-state index is 4.64. The first-order chi connectivity index (χ1) is 9.93. The van der Waals surface area contributed by atoms with Crippen molar-refractivity contribution in [2.45, 2.75) is 103 Å². The van der Waals surface area contributed by atoms with Crippen LogP contribution in [0, 0.1) is 5.92 Å². The molecule has 0 heterocycles. The average molecular weight is 280 g/mol. The van der Waals surface area contributed by atoms with Gasteiger partial charge in [0.15, 0.2) is 0 Å².